The molecule has 3 aliphatic rings. The number of carboxylic acids is 2. The van der Waals surface area contributed by atoms with Crippen molar-refractivity contribution in [1.29, 1.82) is 0 Å². The van der Waals surface area contributed by atoms with E-state index in [1.54, 1.807) is 37.3 Å². The lowest BCUT2D eigenvalue weighted by atomic mass is 10.1. The highest BCUT2D eigenvalue weighted by Gasteiger charge is 2.40. The Balaban J connectivity index is 0.000000179. The van der Waals surface area contributed by atoms with Crippen LogP contribution < -0.4 is 43.0 Å². The van der Waals surface area contributed by atoms with E-state index in [-0.39, 0.29) is 105 Å². The molecule has 0 spiro atoms. The van der Waals surface area contributed by atoms with Crippen LogP contribution in [0.25, 0.3) is 23.3 Å². The maximum absolute atomic E-state index is 13.5. The zero-order valence-electron chi connectivity index (χ0n) is 58.2. The molecule has 0 aliphatic carbocycles. The lowest BCUT2D eigenvalue weighted by Gasteiger charge is -2.17. The van der Waals surface area contributed by atoms with Crippen molar-refractivity contribution in [1.82, 2.24) is 89.3 Å². The third-order valence-corrected chi connectivity index (χ3v) is 17.4. The molecule has 3 aliphatic heterocycles. The van der Waals surface area contributed by atoms with Crippen LogP contribution in [0.3, 0.4) is 0 Å². The Labute approximate surface area is 606 Å². The number of halogens is 3. The number of aromatic amines is 3. The van der Waals surface area contributed by atoms with Gasteiger partial charge < -0.3 is 63.2 Å². The molecule has 103 heavy (non-hydrogen) atoms. The van der Waals surface area contributed by atoms with Crippen molar-refractivity contribution in [3.63, 3.8) is 0 Å². The van der Waals surface area contributed by atoms with Gasteiger partial charge in [0.1, 0.15) is 21.3 Å². The van der Waals surface area contributed by atoms with Crippen LogP contribution in [0.15, 0.2) is 55.0 Å². The first kappa shape index (κ1) is 77.6. The summed E-state index contributed by atoms with van der Waals surface area (Å²) in [6.45, 7) is 22.2. The van der Waals surface area contributed by atoms with Crippen LogP contribution >= 0.6 is 34.8 Å². The van der Waals surface area contributed by atoms with E-state index < -0.39 is 11.9 Å². The van der Waals surface area contributed by atoms with Gasteiger partial charge in [-0.2, -0.15) is 30.2 Å². The fraction of sp³-hybridized carbons (Fsp3) is 0.333. The van der Waals surface area contributed by atoms with Crippen molar-refractivity contribution in [3.05, 3.63) is 155 Å². The summed E-state index contributed by atoms with van der Waals surface area (Å²) < 4.78 is 5.21. The molecule has 12 heterocycles. The molecule has 0 saturated heterocycles. The summed E-state index contributed by atoms with van der Waals surface area (Å²) in [6.07, 6.45) is 8.13. The van der Waals surface area contributed by atoms with E-state index in [2.05, 4.69) is 103 Å². The molecule has 4 amide bonds. The van der Waals surface area contributed by atoms with Crippen molar-refractivity contribution in [2.45, 2.75) is 74.5 Å². The number of nitrogen functional groups attached to an aromatic ring is 3. The topological polar surface area (TPSA) is 470 Å². The number of aromatic carboxylic acids is 2. The van der Waals surface area contributed by atoms with Crippen molar-refractivity contribution < 1.29 is 43.8 Å². The molecule has 0 atom stereocenters. The fourth-order valence-electron chi connectivity index (χ4n) is 10.8. The molecule has 34 nitrogen and oxygen atoms in total. The number of carbonyl (C=O) groups excluding carboxylic acids is 5. The number of H-pyrrole nitrogens is 3. The summed E-state index contributed by atoms with van der Waals surface area (Å²) >= 11 is 18.7. The number of rotatable bonds is 21. The number of nitrogens with one attached hydrogen (secondary N) is 4. The Kier molecular flexibility index (Phi) is 26.0. The molecule has 0 radical (unpaired) electrons. The number of hydrogen-bond acceptors (Lipinski definition) is 22. The smallest absolute Gasteiger partial charge is 0.337 e. The SMILES string of the molecule is CCN(CC)CCN.CCN(CC)CCNC(=O)c1c[nH]c(/C=C2\C(=O)N(Cc3cc(C)n(C)n3)c3nc(N)nc(Cl)c32)c1.Cc1cc(CN2C(=O)/C(=C\c3cc(C(=O)O)c[nH]3)c3c(Cl)nc(N)nc32)nn1C.Cc1cc(CN2C(=O)Cc3c(Cl)nc(N)nc32)nn1C.O=Cc1cc(C(=O)O)c[nH]1. The molecule has 0 saturated carbocycles. The molecule has 544 valence electrons. The number of nitrogens with two attached hydrogens (primary N) is 4. The first-order chi connectivity index (χ1) is 49.0. The fourth-order valence-corrected chi connectivity index (χ4v) is 11.6. The minimum absolute atomic E-state index is 0.0291. The number of likely N-dealkylation sites (N-methyl/N-ethyl adjacent to an activating group) is 2. The molecule has 9 aromatic heterocycles. The second kappa shape index (κ2) is 34.5. The van der Waals surface area contributed by atoms with E-state index in [1.165, 1.54) is 40.4 Å². The Hall–Kier alpha value is -11.2. The maximum Gasteiger partial charge on any atom is 0.337 e. The normalized spacial score (nSPS) is 13.5. The van der Waals surface area contributed by atoms with E-state index in [0.29, 0.717) is 81.6 Å². The highest BCUT2D eigenvalue weighted by Crippen LogP contribution is 2.43. The highest BCUT2D eigenvalue weighted by molar-refractivity contribution is 6.42. The van der Waals surface area contributed by atoms with Crippen LogP contribution in [-0.4, -0.2) is 188 Å². The van der Waals surface area contributed by atoms with Gasteiger partial charge in [0.2, 0.25) is 23.8 Å². The number of anilines is 6. The van der Waals surface area contributed by atoms with Crippen LogP contribution in [0.4, 0.5) is 35.3 Å². The van der Waals surface area contributed by atoms with Crippen molar-refractivity contribution in [2.24, 2.45) is 26.9 Å². The second-order valence-corrected chi connectivity index (χ2v) is 24.5. The van der Waals surface area contributed by atoms with Gasteiger partial charge in [-0.3, -0.25) is 52.7 Å². The van der Waals surface area contributed by atoms with Gasteiger partial charge >= 0.3 is 11.9 Å². The second-order valence-electron chi connectivity index (χ2n) is 23.4. The van der Waals surface area contributed by atoms with Gasteiger partial charge in [0.05, 0.1) is 87.8 Å². The van der Waals surface area contributed by atoms with Crippen LogP contribution in [0.2, 0.25) is 15.5 Å². The van der Waals surface area contributed by atoms with Gasteiger partial charge in [-0.25, -0.2) is 24.5 Å². The molecule has 14 N–H and O–H groups in total. The monoisotopic (exact) mass is 1470 g/mol. The molecule has 0 unspecified atom stereocenters. The summed E-state index contributed by atoms with van der Waals surface area (Å²) in [7, 11) is 5.51. The van der Waals surface area contributed by atoms with E-state index in [0.717, 1.165) is 68.6 Å². The summed E-state index contributed by atoms with van der Waals surface area (Å²) in [5.41, 5.74) is 31.4. The molecule has 9 aromatic rings. The van der Waals surface area contributed by atoms with Gasteiger partial charge in [-0.05, 0) is 95.5 Å². The Bertz CT molecular complexity index is 4630. The number of nitrogens with zero attached hydrogens (tertiary/aromatic N) is 17. The number of carbonyl (C=O) groups is 7. The number of fused-ring (bicyclic) bond motifs is 3. The zero-order chi connectivity index (χ0) is 75.3. The summed E-state index contributed by atoms with van der Waals surface area (Å²) in [5.74, 6) is -1.99. The molecular formula is C66H80Cl3N25O9. The predicted molar refractivity (Wildman–Crippen MR) is 390 cm³/mol. The Morgan fingerprint density at radius 1 is 0.553 bits per heavy atom. The van der Waals surface area contributed by atoms with Crippen LogP contribution in [-0.2, 0) is 61.6 Å². The van der Waals surface area contributed by atoms with Crippen molar-refractivity contribution in [3.8, 4) is 0 Å². The van der Waals surface area contributed by atoms with Gasteiger partial charge in [0, 0.05) is 99.9 Å². The van der Waals surface area contributed by atoms with Crippen LogP contribution in [0.1, 0.15) is 131 Å². The molecule has 12 rings (SSSR count). The third kappa shape index (κ3) is 18.9. The quantitative estimate of drug-likeness (QED) is 0.0232. The molecular weight excluding hydrogens is 1390 g/mol. The lowest BCUT2D eigenvalue weighted by Crippen LogP contribution is -2.34. The van der Waals surface area contributed by atoms with Gasteiger partial charge in [-0.15, -0.1) is 0 Å². The summed E-state index contributed by atoms with van der Waals surface area (Å²) in [5, 5.41) is 33.9. The van der Waals surface area contributed by atoms with Gasteiger partial charge in [0.15, 0.2) is 17.9 Å². The molecule has 0 aromatic carbocycles. The summed E-state index contributed by atoms with van der Waals surface area (Å²) in [4.78, 5) is 125. The lowest BCUT2D eigenvalue weighted by molar-refractivity contribution is -0.117. The molecule has 0 fully saturated rings. The maximum atomic E-state index is 13.5. The Morgan fingerprint density at radius 2 is 0.932 bits per heavy atom. The largest absolute Gasteiger partial charge is 0.478 e. The number of aromatic nitrogens is 15. The predicted octanol–water partition coefficient (Wildman–Crippen LogP) is 5.76. The average Bonchev–Trinajstić information content (AvgIpc) is 1.62. The van der Waals surface area contributed by atoms with Gasteiger partial charge in [-0.1, -0.05) is 62.5 Å². The van der Waals surface area contributed by atoms with E-state index in [4.69, 9.17) is 68.0 Å². The van der Waals surface area contributed by atoms with Crippen molar-refractivity contribution in [2.75, 3.05) is 84.3 Å². The number of aryl methyl sites for hydroxylation is 6. The minimum atomic E-state index is -1.08. The third-order valence-electron chi connectivity index (χ3n) is 16.6. The summed E-state index contributed by atoms with van der Waals surface area (Å²) in [6, 6.07) is 10.1. The number of amides is 4. The Morgan fingerprint density at radius 3 is 1.30 bits per heavy atom. The van der Waals surface area contributed by atoms with Crippen molar-refractivity contribution >= 4 is 135 Å². The number of aldehydes is 1. The average molecular weight is 1470 g/mol. The van der Waals surface area contributed by atoms with Crippen LogP contribution in [0, 0.1) is 20.8 Å². The van der Waals surface area contributed by atoms with E-state index in [1.807, 2.05) is 60.1 Å². The standard InChI is InChI=1S/C24H30ClN9O2.C18H16ClN7O3.C12H13ClN6O.C6H16N2.C6H5NO3/c1-5-33(6-2)8-7-27-22(35)15-10-16(28-12-15)11-18-19-20(25)29-24(26)30-21(19)34(23(18)36)13-17-9-14(3)32(4)31-17;1-8-3-11(24-25(8)2)7-26-15-13(14(19)22-18(20)23-15)12(16(26)27)5-10-4-9(6-21-10)17(28)29;1-6-3-7(17-18(6)2)5-19-9(20)4-8-10(13)15-12(14)16-11(8)19;1-3-8(4-2)6-5-7;8-3-5-1-4(2-7-5)6(9)10/h9-12,28H,5-8,13H2,1-4H3,(H,27,35)(H2,26,29,30);3-6,21H,7H2,1-2H3,(H,28,29)(H2,20,22,23);3H,4-5H2,1-2H3,(H2,14,15,16);3-7H2,1-2H3;1-3,7H,(H,9,10)/b18-11-;12-5-;;;. The van der Waals surface area contributed by atoms with Crippen LogP contribution in [0.5, 0.6) is 0 Å². The zero-order valence-corrected chi connectivity index (χ0v) is 60.5. The van der Waals surface area contributed by atoms with Gasteiger partial charge in [0.25, 0.3) is 17.7 Å². The molecule has 0 bridgehead atoms. The number of hydrogen-bond donors (Lipinski definition) is 10. The highest BCUT2D eigenvalue weighted by atomic mass is 35.5. The minimum Gasteiger partial charge on any atom is -0.478 e. The molecule has 37 heteroatoms. The number of carboxylic acid groups (broad SMARTS) is 2. The van der Waals surface area contributed by atoms with E-state index in [9.17, 15) is 33.6 Å². The van der Waals surface area contributed by atoms with E-state index >= 15 is 0 Å². The first-order valence-corrected chi connectivity index (χ1v) is 33.4. The first-order valence-electron chi connectivity index (χ1n) is 32.2.